The number of aromatic amines is 1. The van der Waals surface area contributed by atoms with E-state index in [4.69, 9.17) is 10.2 Å². The van der Waals surface area contributed by atoms with E-state index in [0.717, 1.165) is 5.69 Å². The molecule has 2 unspecified atom stereocenters. The molecule has 4 N–H and O–H groups in total. The molecule has 2 aromatic rings. The SMILES string of the molecule is CC1CCCCCC1Nc1cc2[nH]c(=O)oc2cc1N. The fourth-order valence-electron chi connectivity index (χ4n) is 3.05. The van der Waals surface area contributed by atoms with Gasteiger partial charge in [-0.3, -0.25) is 4.98 Å². The normalized spacial score (nSPS) is 23.6. The third kappa shape index (κ3) is 2.53. The lowest BCUT2D eigenvalue weighted by molar-refractivity contribution is 0.457. The lowest BCUT2D eigenvalue weighted by Crippen LogP contribution is -2.26. The number of aromatic nitrogens is 1. The quantitative estimate of drug-likeness (QED) is 0.581. The second-order valence-electron chi connectivity index (χ2n) is 5.82. The molecule has 5 nitrogen and oxygen atoms in total. The zero-order valence-electron chi connectivity index (χ0n) is 11.7. The number of oxazole rings is 1. The molecule has 1 aliphatic rings. The molecule has 1 aromatic carbocycles. The molecule has 0 aliphatic heterocycles. The molecule has 0 saturated heterocycles. The van der Waals surface area contributed by atoms with Crippen LogP contribution in [0.3, 0.4) is 0 Å². The molecule has 1 aromatic heterocycles. The summed E-state index contributed by atoms with van der Waals surface area (Å²) in [7, 11) is 0. The standard InChI is InChI=1S/C15H21N3O2/c1-9-5-3-2-4-6-11(9)17-12-8-13-14(7-10(12)16)20-15(19)18-13/h7-9,11,17H,2-6,16H2,1H3,(H,18,19). The fourth-order valence-corrected chi connectivity index (χ4v) is 3.05. The van der Waals surface area contributed by atoms with Gasteiger partial charge in [-0.1, -0.05) is 26.2 Å². The van der Waals surface area contributed by atoms with E-state index in [1.54, 1.807) is 6.07 Å². The number of nitrogens with two attached hydrogens (primary N) is 1. The number of nitrogen functional groups attached to an aromatic ring is 1. The van der Waals surface area contributed by atoms with Crippen molar-refractivity contribution in [1.82, 2.24) is 4.98 Å². The lowest BCUT2D eigenvalue weighted by Gasteiger charge is -2.24. The largest absolute Gasteiger partial charge is 0.417 e. The lowest BCUT2D eigenvalue weighted by atomic mass is 9.96. The average Bonchev–Trinajstić information content (AvgIpc) is 2.62. The number of H-pyrrole nitrogens is 1. The Bertz CT molecular complexity index is 659. The van der Waals surface area contributed by atoms with E-state index in [2.05, 4.69) is 17.2 Å². The maximum absolute atomic E-state index is 11.2. The van der Waals surface area contributed by atoms with E-state index in [1.165, 1.54) is 32.1 Å². The smallest absolute Gasteiger partial charge is 0.408 e. The second kappa shape index (κ2) is 5.23. The Morgan fingerprint density at radius 2 is 2.10 bits per heavy atom. The topological polar surface area (TPSA) is 84.0 Å². The average molecular weight is 275 g/mol. The summed E-state index contributed by atoms with van der Waals surface area (Å²) in [5.74, 6) is 0.190. The van der Waals surface area contributed by atoms with Gasteiger partial charge in [-0.25, -0.2) is 4.79 Å². The number of hydrogen-bond acceptors (Lipinski definition) is 4. The van der Waals surface area contributed by atoms with Crippen molar-refractivity contribution < 1.29 is 4.42 Å². The summed E-state index contributed by atoms with van der Waals surface area (Å²) in [4.78, 5) is 13.9. The Morgan fingerprint density at radius 1 is 1.30 bits per heavy atom. The minimum Gasteiger partial charge on any atom is -0.408 e. The van der Waals surface area contributed by atoms with Crippen molar-refractivity contribution in [2.24, 2.45) is 5.92 Å². The minimum atomic E-state index is -0.445. The first-order chi connectivity index (χ1) is 9.63. The monoisotopic (exact) mass is 275 g/mol. The van der Waals surface area contributed by atoms with Crippen molar-refractivity contribution in [2.45, 2.75) is 45.1 Å². The van der Waals surface area contributed by atoms with E-state index in [-0.39, 0.29) is 0 Å². The number of nitrogens with one attached hydrogen (secondary N) is 2. The molecule has 2 atom stereocenters. The first-order valence-corrected chi connectivity index (χ1v) is 7.32. The highest BCUT2D eigenvalue weighted by atomic mass is 16.4. The van der Waals surface area contributed by atoms with E-state index in [1.807, 2.05) is 6.07 Å². The van der Waals surface area contributed by atoms with Crippen LogP contribution >= 0.6 is 0 Å². The van der Waals surface area contributed by atoms with Gasteiger partial charge in [0.25, 0.3) is 0 Å². The van der Waals surface area contributed by atoms with Gasteiger partial charge in [0.15, 0.2) is 5.58 Å². The number of anilines is 2. The molecular weight excluding hydrogens is 254 g/mol. The maximum atomic E-state index is 11.2. The molecule has 1 aliphatic carbocycles. The van der Waals surface area contributed by atoms with Crippen LogP contribution in [-0.4, -0.2) is 11.0 Å². The van der Waals surface area contributed by atoms with Crippen molar-refractivity contribution in [3.63, 3.8) is 0 Å². The summed E-state index contributed by atoms with van der Waals surface area (Å²) in [5.41, 5.74) is 8.76. The summed E-state index contributed by atoms with van der Waals surface area (Å²) in [6, 6.07) is 4.01. The van der Waals surface area contributed by atoms with Crippen LogP contribution in [0.2, 0.25) is 0 Å². The van der Waals surface area contributed by atoms with Gasteiger partial charge < -0.3 is 15.5 Å². The van der Waals surface area contributed by atoms with Crippen molar-refractivity contribution >= 4 is 22.5 Å². The van der Waals surface area contributed by atoms with Gasteiger partial charge in [0, 0.05) is 12.1 Å². The highest BCUT2D eigenvalue weighted by Crippen LogP contribution is 2.30. The number of hydrogen-bond donors (Lipinski definition) is 3. The number of rotatable bonds is 2. The van der Waals surface area contributed by atoms with Crippen molar-refractivity contribution in [1.29, 1.82) is 0 Å². The van der Waals surface area contributed by atoms with Crippen molar-refractivity contribution in [3.8, 4) is 0 Å². The van der Waals surface area contributed by atoms with Crippen LogP contribution in [0.15, 0.2) is 21.3 Å². The van der Waals surface area contributed by atoms with Gasteiger partial charge >= 0.3 is 5.76 Å². The molecule has 0 radical (unpaired) electrons. The molecule has 0 amide bonds. The molecule has 1 saturated carbocycles. The Balaban J connectivity index is 1.89. The van der Waals surface area contributed by atoms with E-state index >= 15 is 0 Å². The van der Waals surface area contributed by atoms with Gasteiger partial charge in [0.05, 0.1) is 16.9 Å². The zero-order chi connectivity index (χ0) is 14.1. The van der Waals surface area contributed by atoms with Crippen molar-refractivity contribution in [2.75, 3.05) is 11.1 Å². The summed E-state index contributed by atoms with van der Waals surface area (Å²) < 4.78 is 5.02. The summed E-state index contributed by atoms with van der Waals surface area (Å²) in [6.45, 7) is 2.29. The molecule has 5 heteroatoms. The summed E-state index contributed by atoms with van der Waals surface area (Å²) >= 11 is 0. The third-order valence-corrected chi connectivity index (χ3v) is 4.29. The first kappa shape index (κ1) is 13.1. The van der Waals surface area contributed by atoms with Gasteiger partial charge in [0.1, 0.15) is 0 Å². The van der Waals surface area contributed by atoms with E-state index in [9.17, 15) is 4.79 Å². The van der Waals surface area contributed by atoms with Crippen LogP contribution in [0.1, 0.15) is 39.0 Å². The molecule has 1 heterocycles. The molecule has 108 valence electrons. The van der Waals surface area contributed by atoms with E-state index in [0.29, 0.717) is 28.7 Å². The van der Waals surface area contributed by atoms with Crippen LogP contribution < -0.4 is 16.8 Å². The first-order valence-electron chi connectivity index (χ1n) is 7.32. The van der Waals surface area contributed by atoms with E-state index < -0.39 is 5.76 Å². The van der Waals surface area contributed by atoms with Gasteiger partial charge in [-0.15, -0.1) is 0 Å². The Morgan fingerprint density at radius 3 is 2.95 bits per heavy atom. The Kier molecular flexibility index (Phi) is 3.42. The molecule has 0 spiro atoms. The number of benzene rings is 1. The highest BCUT2D eigenvalue weighted by Gasteiger charge is 2.20. The fraction of sp³-hybridized carbons (Fsp3) is 0.533. The van der Waals surface area contributed by atoms with Crippen LogP contribution in [0, 0.1) is 5.92 Å². The molecule has 3 rings (SSSR count). The third-order valence-electron chi connectivity index (χ3n) is 4.29. The Hall–Kier alpha value is -1.91. The van der Waals surface area contributed by atoms with Gasteiger partial charge in [0.2, 0.25) is 0 Å². The van der Waals surface area contributed by atoms with Crippen LogP contribution in [-0.2, 0) is 0 Å². The molecule has 20 heavy (non-hydrogen) atoms. The van der Waals surface area contributed by atoms with Crippen molar-refractivity contribution in [3.05, 3.63) is 22.7 Å². The molecular formula is C15H21N3O2. The van der Waals surface area contributed by atoms with Crippen LogP contribution in [0.4, 0.5) is 11.4 Å². The minimum absolute atomic E-state index is 0.441. The Labute approximate surface area is 117 Å². The molecule has 1 fully saturated rings. The predicted molar refractivity (Wildman–Crippen MR) is 80.9 cm³/mol. The van der Waals surface area contributed by atoms with Crippen LogP contribution in [0.5, 0.6) is 0 Å². The predicted octanol–water partition coefficient (Wildman–Crippen LogP) is 3.08. The summed E-state index contributed by atoms with van der Waals surface area (Å²) in [5, 5.41) is 3.55. The van der Waals surface area contributed by atoms with Gasteiger partial charge in [-0.2, -0.15) is 0 Å². The highest BCUT2D eigenvalue weighted by molar-refractivity contribution is 5.85. The second-order valence-corrected chi connectivity index (χ2v) is 5.82. The zero-order valence-corrected chi connectivity index (χ0v) is 11.7. The van der Waals surface area contributed by atoms with Crippen LogP contribution in [0.25, 0.3) is 11.1 Å². The van der Waals surface area contributed by atoms with Gasteiger partial charge in [-0.05, 0) is 24.8 Å². The maximum Gasteiger partial charge on any atom is 0.417 e. The molecule has 0 bridgehead atoms. The summed E-state index contributed by atoms with van der Waals surface area (Å²) in [6.07, 6.45) is 6.30. The number of fused-ring (bicyclic) bond motifs is 1.